The maximum Gasteiger partial charge on any atom is 0.0406 e. The quantitative estimate of drug-likeness (QED) is 0.632. The lowest BCUT2D eigenvalue weighted by Gasteiger charge is -2.07. The van der Waals surface area contributed by atoms with Crippen LogP contribution in [-0.2, 0) is 0 Å². The van der Waals surface area contributed by atoms with Gasteiger partial charge in [0, 0.05) is 9.92 Å². The van der Waals surface area contributed by atoms with Gasteiger partial charge in [-0.1, -0.05) is 53.7 Å². The second kappa shape index (κ2) is 5.85. The fourth-order valence-electron chi connectivity index (χ4n) is 2.07. The first-order chi connectivity index (χ1) is 9.33. The summed E-state index contributed by atoms with van der Waals surface area (Å²) in [5, 5.41) is 3.10. The number of halogens is 1. The second-order valence-corrected chi connectivity index (χ2v) is 6.16. The first-order valence-electron chi connectivity index (χ1n) is 6.50. The molecule has 0 heterocycles. The number of benzene rings is 2. The minimum Gasteiger partial charge on any atom is -0.0978 e. The molecule has 0 unspecified atom stereocenters. The Morgan fingerprint density at radius 3 is 2.32 bits per heavy atom. The van der Waals surface area contributed by atoms with Gasteiger partial charge < -0.3 is 0 Å². The van der Waals surface area contributed by atoms with Crippen LogP contribution in [0.4, 0.5) is 0 Å². The third-order valence-electron chi connectivity index (χ3n) is 3.26. The second-order valence-electron chi connectivity index (χ2n) is 4.79. The lowest BCUT2D eigenvalue weighted by atomic mass is 10.0. The Bertz CT molecular complexity index is 568. The average molecular weight is 287 g/mol. The van der Waals surface area contributed by atoms with E-state index in [2.05, 4.69) is 47.9 Å². The van der Waals surface area contributed by atoms with Gasteiger partial charge in [-0.25, -0.2) is 0 Å². The van der Waals surface area contributed by atoms with Crippen molar-refractivity contribution < 1.29 is 0 Å². The maximum absolute atomic E-state index is 5.96. The van der Waals surface area contributed by atoms with Gasteiger partial charge in [-0.2, -0.15) is 0 Å². The third-order valence-corrected chi connectivity index (χ3v) is 4.43. The van der Waals surface area contributed by atoms with E-state index in [0.717, 1.165) is 10.9 Å². The molecular weight excluding hydrogens is 272 g/mol. The molecule has 0 aromatic heterocycles. The molecule has 0 amide bonds. The number of rotatable bonds is 4. The summed E-state index contributed by atoms with van der Waals surface area (Å²) >= 11 is 7.76. The van der Waals surface area contributed by atoms with E-state index in [-0.39, 0.29) is 0 Å². The van der Waals surface area contributed by atoms with Crippen LogP contribution in [0.1, 0.15) is 18.4 Å². The van der Waals surface area contributed by atoms with Crippen molar-refractivity contribution in [1.82, 2.24) is 0 Å². The zero-order chi connectivity index (χ0) is 13.1. The smallest absolute Gasteiger partial charge is 0.0406 e. The largest absolute Gasteiger partial charge is 0.0978 e. The number of allylic oxidation sites excluding steroid dienone is 1. The fraction of sp³-hybridized carbons (Fsp3) is 0.176. The SMILES string of the molecule is Clc1ccc(/C(=C\Sc2ccccc2)C2CC2)cc1. The molecule has 2 heteroatoms. The molecule has 0 radical (unpaired) electrons. The molecule has 1 aliphatic carbocycles. The van der Waals surface area contributed by atoms with E-state index in [1.165, 1.54) is 28.9 Å². The van der Waals surface area contributed by atoms with Crippen molar-refractivity contribution in [2.45, 2.75) is 17.7 Å². The lowest BCUT2D eigenvalue weighted by molar-refractivity contribution is 1.15. The summed E-state index contributed by atoms with van der Waals surface area (Å²) in [5.74, 6) is 0.734. The maximum atomic E-state index is 5.96. The summed E-state index contributed by atoms with van der Waals surface area (Å²) in [6.45, 7) is 0. The summed E-state index contributed by atoms with van der Waals surface area (Å²) in [6.07, 6.45) is 2.62. The molecule has 1 aliphatic rings. The molecule has 3 rings (SSSR count). The highest BCUT2D eigenvalue weighted by Gasteiger charge is 2.26. The van der Waals surface area contributed by atoms with Gasteiger partial charge >= 0.3 is 0 Å². The molecule has 96 valence electrons. The molecule has 0 bridgehead atoms. The number of hydrogen-bond acceptors (Lipinski definition) is 1. The first kappa shape index (κ1) is 12.8. The van der Waals surface area contributed by atoms with Crippen molar-refractivity contribution in [3.63, 3.8) is 0 Å². The summed E-state index contributed by atoms with van der Waals surface area (Å²) in [7, 11) is 0. The van der Waals surface area contributed by atoms with E-state index >= 15 is 0 Å². The Kier molecular flexibility index (Phi) is 3.95. The van der Waals surface area contributed by atoms with Gasteiger partial charge in [0.15, 0.2) is 0 Å². The summed E-state index contributed by atoms with van der Waals surface area (Å²) in [4.78, 5) is 1.29. The Morgan fingerprint density at radius 2 is 1.68 bits per heavy atom. The van der Waals surface area contributed by atoms with Crippen molar-refractivity contribution in [2.24, 2.45) is 5.92 Å². The standard InChI is InChI=1S/C17H15ClS/c18-15-10-8-14(9-11-15)17(13-6-7-13)12-19-16-4-2-1-3-5-16/h1-5,8-13H,6-7H2/b17-12-. The van der Waals surface area contributed by atoms with E-state index in [1.807, 2.05) is 12.1 Å². The molecular formula is C17H15ClS. The molecule has 0 saturated heterocycles. The van der Waals surface area contributed by atoms with Crippen LogP contribution in [-0.4, -0.2) is 0 Å². The normalized spacial score (nSPS) is 15.5. The van der Waals surface area contributed by atoms with Gasteiger partial charge in [-0.05, 0) is 59.6 Å². The molecule has 0 spiro atoms. The molecule has 2 aromatic carbocycles. The van der Waals surface area contributed by atoms with Crippen LogP contribution in [0.2, 0.25) is 5.02 Å². The molecule has 0 nitrogen and oxygen atoms in total. The topological polar surface area (TPSA) is 0 Å². The monoisotopic (exact) mass is 286 g/mol. The lowest BCUT2D eigenvalue weighted by Crippen LogP contribution is -1.85. The van der Waals surface area contributed by atoms with Crippen molar-refractivity contribution in [1.29, 1.82) is 0 Å². The van der Waals surface area contributed by atoms with E-state index in [9.17, 15) is 0 Å². The van der Waals surface area contributed by atoms with Gasteiger partial charge in [-0.3, -0.25) is 0 Å². The Labute approximate surface area is 123 Å². The van der Waals surface area contributed by atoms with Crippen LogP contribution in [0.3, 0.4) is 0 Å². The number of thioether (sulfide) groups is 1. The Morgan fingerprint density at radius 1 is 1.00 bits per heavy atom. The van der Waals surface area contributed by atoms with Gasteiger partial charge in [0.25, 0.3) is 0 Å². The zero-order valence-corrected chi connectivity index (χ0v) is 12.1. The predicted molar refractivity (Wildman–Crippen MR) is 84.5 cm³/mol. The summed E-state index contributed by atoms with van der Waals surface area (Å²) in [5.41, 5.74) is 2.75. The number of hydrogen-bond donors (Lipinski definition) is 0. The minimum atomic E-state index is 0.734. The van der Waals surface area contributed by atoms with Crippen LogP contribution in [0.25, 0.3) is 5.57 Å². The molecule has 0 atom stereocenters. The van der Waals surface area contributed by atoms with Crippen molar-refractivity contribution in [3.05, 3.63) is 70.6 Å². The van der Waals surface area contributed by atoms with Crippen LogP contribution in [0, 0.1) is 5.92 Å². The van der Waals surface area contributed by atoms with Gasteiger partial charge in [0.2, 0.25) is 0 Å². The summed E-state index contributed by atoms with van der Waals surface area (Å²) < 4.78 is 0. The van der Waals surface area contributed by atoms with E-state index < -0.39 is 0 Å². The third kappa shape index (κ3) is 3.43. The highest BCUT2D eigenvalue weighted by atomic mass is 35.5. The predicted octanol–water partition coefficient (Wildman–Crippen LogP) is 5.88. The van der Waals surface area contributed by atoms with E-state index in [1.54, 1.807) is 11.8 Å². The molecule has 19 heavy (non-hydrogen) atoms. The van der Waals surface area contributed by atoms with Gasteiger partial charge in [0.1, 0.15) is 0 Å². The highest BCUT2D eigenvalue weighted by molar-refractivity contribution is 8.02. The molecule has 0 aliphatic heterocycles. The van der Waals surface area contributed by atoms with Crippen LogP contribution >= 0.6 is 23.4 Å². The summed E-state index contributed by atoms with van der Waals surface area (Å²) in [6, 6.07) is 18.7. The van der Waals surface area contributed by atoms with Crippen LogP contribution in [0.15, 0.2) is 64.9 Å². The highest BCUT2D eigenvalue weighted by Crippen LogP contribution is 2.43. The zero-order valence-electron chi connectivity index (χ0n) is 10.6. The van der Waals surface area contributed by atoms with Crippen molar-refractivity contribution in [2.75, 3.05) is 0 Å². The fourth-order valence-corrected chi connectivity index (χ4v) is 3.10. The average Bonchev–Trinajstić information content (AvgIpc) is 3.27. The van der Waals surface area contributed by atoms with Crippen molar-refractivity contribution in [3.8, 4) is 0 Å². The molecule has 0 N–H and O–H groups in total. The minimum absolute atomic E-state index is 0.734. The molecule has 2 aromatic rings. The van der Waals surface area contributed by atoms with Gasteiger partial charge in [-0.15, -0.1) is 0 Å². The molecule has 1 fully saturated rings. The van der Waals surface area contributed by atoms with Crippen LogP contribution in [0.5, 0.6) is 0 Å². The molecule has 1 saturated carbocycles. The first-order valence-corrected chi connectivity index (χ1v) is 7.76. The van der Waals surface area contributed by atoms with Crippen LogP contribution < -0.4 is 0 Å². The Hall–Kier alpha value is -1.18. The Balaban J connectivity index is 1.83. The van der Waals surface area contributed by atoms with Crippen molar-refractivity contribution >= 4 is 28.9 Å². The van der Waals surface area contributed by atoms with E-state index in [0.29, 0.717) is 0 Å². The van der Waals surface area contributed by atoms with E-state index in [4.69, 9.17) is 11.6 Å². The van der Waals surface area contributed by atoms with Gasteiger partial charge in [0.05, 0.1) is 0 Å².